The van der Waals surface area contributed by atoms with E-state index in [9.17, 15) is 0 Å². The van der Waals surface area contributed by atoms with Gasteiger partial charge in [0.1, 0.15) is 0 Å². The van der Waals surface area contributed by atoms with Gasteiger partial charge >= 0.3 is 0 Å². The van der Waals surface area contributed by atoms with Gasteiger partial charge in [0.15, 0.2) is 5.82 Å². The van der Waals surface area contributed by atoms with Crippen LogP contribution < -0.4 is 0 Å². The van der Waals surface area contributed by atoms with Gasteiger partial charge in [-0.3, -0.25) is 0 Å². The summed E-state index contributed by atoms with van der Waals surface area (Å²) in [5, 5.41) is 2.57. The van der Waals surface area contributed by atoms with Crippen molar-refractivity contribution in [1.82, 2.24) is 9.97 Å². The first-order valence-corrected chi connectivity index (χ1v) is 20.9. The first kappa shape index (κ1) is 33.9. The number of hydrogen-bond acceptors (Lipinski definition) is 2. The Hall–Kier alpha value is -7.16. The highest BCUT2D eigenvalue weighted by Crippen LogP contribution is 2.67. The molecule has 0 fully saturated rings. The van der Waals surface area contributed by atoms with E-state index >= 15 is 0 Å². The second-order valence-corrected chi connectivity index (χ2v) is 16.3. The molecule has 1 heterocycles. The second kappa shape index (κ2) is 13.5. The highest BCUT2D eigenvalue weighted by atomic mass is 14.9. The predicted octanol–water partition coefficient (Wildman–Crippen LogP) is 14.5. The molecular weight excluding hydrogens is 713 g/mol. The van der Waals surface area contributed by atoms with E-state index in [0.29, 0.717) is 5.92 Å². The minimum absolute atomic E-state index is 0.392. The molecule has 0 saturated carbocycles. The monoisotopic (exact) mass is 752 g/mol. The van der Waals surface area contributed by atoms with Crippen LogP contribution in [-0.2, 0) is 5.41 Å². The van der Waals surface area contributed by atoms with E-state index in [0.717, 1.165) is 40.3 Å². The molecule has 3 aliphatic carbocycles. The van der Waals surface area contributed by atoms with Crippen LogP contribution in [0.3, 0.4) is 0 Å². The van der Waals surface area contributed by atoms with Gasteiger partial charge in [0, 0.05) is 22.6 Å². The molecule has 278 valence electrons. The molecule has 0 bridgehead atoms. The van der Waals surface area contributed by atoms with Gasteiger partial charge in [-0.15, -0.1) is 0 Å². The normalized spacial score (nSPS) is 17.3. The van der Waals surface area contributed by atoms with E-state index < -0.39 is 5.41 Å². The third kappa shape index (κ3) is 5.19. The lowest BCUT2D eigenvalue weighted by Gasteiger charge is -2.34. The average molecular weight is 753 g/mol. The lowest BCUT2D eigenvalue weighted by atomic mass is 9.67. The highest BCUT2D eigenvalue weighted by Gasteiger charge is 2.56. The molecule has 0 radical (unpaired) electrons. The van der Waals surface area contributed by atoms with Gasteiger partial charge in [-0.1, -0.05) is 182 Å². The zero-order valence-electron chi connectivity index (χ0n) is 32.6. The van der Waals surface area contributed by atoms with Crippen LogP contribution in [0.2, 0.25) is 0 Å². The van der Waals surface area contributed by atoms with Gasteiger partial charge < -0.3 is 0 Å². The van der Waals surface area contributed by atoms with Gasteiger partial charge in [-0.05, 0) is 109 Å². The summed E-state index contributed by atoms with van der Waals surface area (Å²) in [6, 6.07) is 71.0. The maximum absolute atomic E-state index is 5.36. The van der Waals surface area contributed by atoms with Crippen molar-refractivity contribution in [2.24, 2.45) is 0 Å². The highest BCUT2D eigenvalue weighted by molar-refractivity contribution is 6.09. The smallest absolute Gasteiger partial charge is 0.160 e. The molecule has 2 heteroatoms. The minimum atomic E-state index is -0.415. The van der Waals surface area contributed by atoms with Crippen molar-refractivity contribution in [1.29, 1.82) is 0 Å². The summed E-state index contributed by atoms with van der Waals surface area (Å²) in [4.78, 5) is 10.6. The number of fused-ring (bicyclic) bond motifs is 11. The van der Waals surface area contributed by atoms with E-state index in [2.05, 4.69) is 194 Å². The van der Waals surface area contributed by atoms with Gasteiger partial charge in [0.25, 0.3) is 0 Å². The standard InChI is InChI=1S/C57H40N2/c1-4-16-37(17-5-1)38-28-30-39(31-29-38)52-36-53(59-56(58-52)41-20-8-3-9-21-41)43-32-33-47-50(35-43)57(48-26-14-12-24-45(48)46-25-13-15-27-49(46)57)51-34-42-22-10-11-23-44(42)54(55(47)51)40-18-6-2-7-19-40/h1-12,14,16-24,26-36,46H,13,15,25H2. The van der Waals surface area contributed by atoms with Gasteiger partial charge in [-0.25, -0.2) is 9.97 Å². The maximum atomic E-state index is 5.36. The van der Waals surface area contributed by atoms with Crippen LogP contribution >= 0.6 is 0 Å². The minimum Gasteiger partial charge on any atom is -0.228 e. The van der Waals surface area contributed by atoms with E-state index in [1.807, 2.05) is 6.07 Å². The summed E-state index contributed by atoms with van der Waals surface area (Å²) in [6.07, 6.45) is 6.09. The zero-order chi connectivity index (χ0) is 38.9. The van der Waals surface area contributed by atoms with E-state index in [1.165, 1.54) is 79.2 Å². The van der Waals surface area contributed by atoms with Crippen molar-refractivity contribution in [3.8, 4) is 67.3 Å². The molecular formula is C57H40N2. The number of benzene rings is 8. The molecule has 9 aromatic rings. The molecule has 3 aliphatic rings. The molecule has 0 N–H and O–H groups in total. The Kier molecular flexibility index (Phi) is 7.74. The van der Waals surface area contributed by atoms with E-state index in [4.69, 9.17) is 9.97 Å². The van der Waals surface area contributed by atoms with Gasteiger partial charge in [0.05, 0.1) is 16.8 Å². The van der Waals surface area contributed by atoms with Crippen molar-refractivity contribution in [3.63, 3.8) is 0 Å². The Morgan fingerprint density at radius 2 is 1.05 bits per heavy atom. The van der Waals surface area contributed by atoms with Crippen LogP contribution in [0.25, 0.3) is 78.1 Å². The first-order chi connectivity index (χ1) is 29.3. The van der Waals surface area contributed by atoms with Crippen LogP contribution in [0, 0.1) is 0 Å². The third-order valence-electron chi connectivity index (χ3n) is 13.2. The Balaban J connectivity index is 1.12. The van der Waals surface area contributed by atoms with Crippen LogP contribution in [0.15, 0.2) is 206 Å². The largest absolute Gasteiger partial charge is 0.228 e. The maximum Gasteiger partial charge on any atom is 0.160 e. The topological polar surface area (TPSA) is 25.8 Å². The van der Waals surface area contributed by atoms with Crippen molar-refractivity contribution in [2.75, 3.05) is 0 Å². The van der Waals surface area contributed by atoms with Gasteiger partial charge in [-0.2, -0.15) is 0 Å². The fourth-order valence-electron chi connectivity index (χ4n) is 10.6. The summed E-state index contributed by atoms with van der Waals surface area (Å²) in [5.41, 5.74) is 19.4. The molecule has 0 aliphatic heterocycles. The van der Waals surface area contributed by atoms with Crippen LogP contribution in [0.5, 0.6) is 0 Å². The summed E-state index contributed by atoms with van der Waals surface area (Å²) in [7, 11) is 0. The average Bonchev–Trinajstić information content (AvgIpc) is 3.78. The summed E-state index contributed by atoms with van der Waals surface area (Å²) in [6.45, 7) is 0. The molecule has 2 unspecified atom stereocenters. The summed E-state index contributed by atoms with van der Waals surface area (Å²) >= 11 is 0. The fraction of sp³-hybridized carbons (Fsp3) is 0.0877. The van der Waals surface area contributed by atoms with Crippen LogP contribution in [-0.4, -0.2) is 9.97 Å². The van der Waals surface area contributed by atoms with E-state index in [1.54, 1.807) is 5.57 Å². The van der Waals surface area contributed by atoms with E-state index in [-0.39, 0.29) is 0 Å². The van der Waals surface area contributed by atoms with Crippen molar-refractivity contribution >= 4 is 10.8 Å². The van der Waals surface area contributed by atoms with Crippen molar-refractivity contribution in [3.05, 3.63) is 228 Å². The SMILES string of the molecule is C1=C2C(CCC1)c1ccccc1C21c2cc(-c3cc(-c4ccc(-c5ccccc5)cc4)nc(-c4ccccc4)n3)ccc2-c2c1cc1ccccc1c2-c1ccccc1. The lowest BCUT2D eigenvalue weighted by molar-refractivity contribution is 0.598. The van der Waals surface area contributed by atoms with Gasteiger partial charge in [0.2, 0.25) is 0 Å². The van der Waals surface area contributed by atoms with Crippen LogP contribution in [0.4, 0.5) is 0 Å². The Morgan fingerprint density at radius 3 is 1.83 bits per heavy atom. The summed E-state index contributed by atoms with van der Waals surface area (Å²) < 4.78 is 0. The molecule has 0 saturated heterocycles. The zero-order valence-corrected chi connectivity index (χ0v) is 32.6. The Labute approximate surface area is 345 Å². The molecule has 2 nitrogen and oxygen atoms in total. The molecule has 1 aromatic heterocycles. The third-order valence-corrected chi connectivity index (χ3v) is 13.2. The first-order valence-electron chi connectivity index (χ1n) is 20.9. The number of allylic oxidation sites excluding steroid dienone is 2. The predicted molar refractivity (Wildman–Crippen MR) is 243 cm³/mol. The number of rotatable bonds is 5. The lowest BCUT2D eigenvalue weighted by Crippen LogP contribution is -2.27. The van der Waals surface area contributed by atoms with Crippen LogP contribution in [0.1, 0.15) is 47.4 Å². The van der Waals surface area contributed by atoms with Crippen molar-refractivity contribution < 1.29 is 0 Å². The second-order valence-electron chi connectivity index (χ2n) is 16.3. The molecule has 0 amide bonds. The Bertz CT molecular complexity index is 3110. The Morgan fingerprint density at radius 1 is 0.441 bits per heavy atom. The fourth-order valence-corrected chi connectivity index (χ4v) is 10.6. The molecule has 59 heavy (non-hydrogen) atoms. The molecule has 2 atom stereocenters. The molecule has 1 spiro atoms. The molecule has 12 rings (SSSR count). The quantitative estimate of drug-likeness (QED) is 0.164. The number of nitrogens with zero attached hydrogens (tertiary/aromatic N) is 2. The number of aromatic nitrogens is 2. The molecule has 8 aromatic carbocycles. The summed E-state index contributed by atoms with van der Waals surface area (Å²) in [5.74, 6) is 1.12. The number of hydrogen-bond donors (Lipinski definition) is 0. The van der Waals surface area contributed by atoms with Crippen molar-refractivity contribution in [2.45, 2.75) is 30.6 Å².